The minimum Gasteiger partial charge on any atom is -0.368 e. The van der Waals surface area contributed by atoms with Gasteiger partial charge in [-0.3, -0.25) is 14.6 Å². The van der Waals surface area contributed by atoms with Gasteiger partial charge in [-0.15, -0.1) is 11.3 Å². The first kappa shape index (κ1) is 18.6. The average molecular weight is 436 g/mol. The number of rotatable bonds is 5. The van der Waals surface area contributed by atoms with Crippen LogP contribution >= 0.6 is 27.3 Å². The summed E-state index contributed by atoms with van der Waals surface area (Å²) >= 11 is 4.80. The number of amides is 1. The second kappa shape index (κ2) is 7.20. The molecule has 1 amide bonds. The SMILES string of the molecule is CCc1sc2[nH]c(=O)n(C(CC)C(N)=O)c(=O)c2c1-c1ccc(Br)cc1. The van der Waals surface area contributed by atoms with Crippen LogP contribution in [0.1, 0.15) is 31.2 Å². The van der Waals surface area contributed by atoms with Crippen molar-refractivity contribution in [1.29, 1.82) is 0 Å². The lowest BCUT2D eigenvalue weighted by Crippen LogP contribution is -2.42. The molecule has 2 heterocycles. The normalized spacial score (nSPS) is 12.4. The highest BCUT2D eigenvalue weighted by molar-refractivity contribution is 9.10. The van der Waals surface area contributed by atoms with E-state index < -0.39 is 23.2 Å². The lowest BCUT2D eigenvalue weighted by atomic mass is 10.0. The fourth-order valence-electron chi connectivity index (χ4n) is 3.11. The van der Waals surface area contributed by atoms with E-state index in [1.165, 1.54) is 11.3 Å². The summed E-state index contributed by atoms with van der Waals surface area (Å²) in [7, 11) is 0. The predicted molar refractivity (Wildman–Crippen MR) is 108 cm³/mol. The number of thiophene rings is 1. The lowest BCUT2D eigenvalue weighted by Gasteiger charge is -2.13. The molecular weight excluding hydrogens is 418 g/mol. The topological polar surface area (TPSA) is 97.9 Å². The van der Waals surface area contributed by atoms with Crippen LogP contribution in [0.25, 0.3) is 21.3 Å². The molecule has 0 radical (unpaired) electrons. The number of hydrogen-bond donors (Lipinski definition) is 2. The van der Waals surface area contributed by atoms with Gasteiger partial charge in [-0.2, -0.15) is 0 Å². The number of nitrogens with two attached hydrogens (primary N) is 1. The molecule has 0 aliphatic heterocycles. The van der Waals surface area contributed by atoms with E-state index >= 15 is 0 Å². The Hall–Kier alpha value is -2.19. The van der Waals surface area contributed by atoms with E-state index in [0.717, 1.165) is 31.5 Å². The average Bonchev–Trinajstić information content (AvgIpc) is 2.97. The fraction of sp³-hybridized carbons (Fsp3) is 0.278. The number of hydrogen-bond acceptors (Lipinski definition) is 4. The number of benzene rings is 1. The molecule has 3 aromatic rings. The highest BCUT2D eigenvalue weighted by Gasteiger charge is 2.24. The number of nitrogens with zero attached hydrogens (tertiary/aromatic N) is 1. The van der Waals surface area contributed by atoms with Gasteiger partial charge in [0.05, 0.1) is 5.39 Å². The molecule has 1 unspecified atom stereocenters. The van der Waals surface area contributed by atoms with Crippen LogP contribution in [0, 0.1) is 0 Å². The number of primary amides is 1. The van der Waals surface area contributed by atoms with Crippen molar-refractivity contribution in [2.75, 3.05) is 0 Å². The summed E-state index contributed by atoms with van der Waals surface area (Å²) < 4.78 is 1.88. The number of halogens is 1. The van der Waals surface area contributed by atoms with E-state index in [-0.39, 0.29) is 6.42 Å². The number of aryl methyl sites for hydroxylation is 1. The third-order valence-corrected chi connectivity index (χ3v) is 6.11. The first-order chi connectivity index (χ1) is 12.4. The van der Waals surface area contributed by atoms with E-state index in [2.05, 4.69) is 20.9 Å². The lowest BCUT2D eigenvalue weighted by molar-refractivity contribution is -0.121. The highest BCUT2D eigenvalue weighted by Crippen LogP contribution is 2.36. The van der Waals surface area contributed by atoms with Crippen molar-refractivity contribution in [2.24, 2.45) is 5.73 Å². The number of carbonyl (C=O) groups is 1. The molecule has 0 bridgehead atoms. The van der Waals surface area contributed by atoms with Gasteiger partial charge in [0.2, 0.25) is 5.91 Å². The van der Waals surface area contributed by atoms with Gasteiger partial charge in [0.25, 0.3) is 5.56 Å². The Balaban J connectivity index is 2.42. The molecule has 2 aromatic heterocycles. The van der Waals surface area contributed by atoms with Crippen LogP contribution in [0.4, 0.5) is 0 Å². The summed E-state index contributed by atoms with van der Waals surface area (Å²) in [5, 5.41) is 0.425. The van der Waals surface area contributed by atoms with Crippen LogP contribution in [-0.2, 0) is 11.2 Å². The fourth-order valence-corrected chi connectivity index (χ4v) is 4.51. The summed E-state index contributed by atoms with van der Waals surface area (Å²) in [4.78, 5) is 41.6. The van der Waals surface area contributed by atoms with E-state index in [1.54, 1.807) is 6.92 Å². The summed E-state index contributed by atoms with van der Waals surface area (Å²) in [6, 6.07) is 6.68. The minimum atomic E-state index is -0.974. The standard InChI is InChI=1S/C18H18BrN3O3S/c1-3-11(15(20)23)22-17(24)14-13(9-5-7-10(19)8-6-9)12(4-2)26-16(14)21-18(22)25/h5-8,11H,3-4H2,1-2H3,(H2,20,23)(H,21,25). The van der Waals surface area contributed by atoms with Crippen LogP contribution in [0.15, 0.2) is 38.3 Å². The van der Waals surface area contributed by atoms with Crippen LogP contribution in [-0.4, -0.2) is 15.5 Å². The van der Waals surface area contributed by atoms with Crippen molar-refractivity contribution in [2.45, 2.75) is 32.7 Å². The zero-order chi connectivity index (χ0) is 19.0. The zero-order valence-corrected chi connectivity index (χ0v) is 16.7. The maximum absolute atomic E-state index is 13.2. The van der Waals surface area contributed by atoms with Crippen molar-refractivity contribution < 1.29 is 4.79 Å². The number of aromatic nitrogens is 2. The molecule has 0 fully saturated rings. The van der Waals surface area contributed by atoms with Crippen molar-refractivity contribution in [3.63, 3.8) is 0 Å². The Morgan fingerprint density at radius 3 is 2.46 bits per heavy atom. The Labute approximate surface area is 161 Å². The molecule has 6 nitrogen and oxygen atoms in total. The number of aromatic amines is 1. The third kappa shape index (κ3) is 3.03. The second-order valence-corrected chi connectivity index (χ2v) is 7.92. The molecule has 0 saturated heterocycles. The minimum absolute atomic E-state index is 0.266. The van der Waals surface area contributed by atoms with Crippen LogP contribution in [0.5, 0.6) is 0 Å². The summed E-state index contributed by atoms with van der Waals surface area (Å²) in [5.74, 6) is -0.699. The largest absolute Gasteiger partial charge is 0.368 e. The van der Waals surface area contributed by atoms with Gasteiger partial charge in [0.15, 0.2) is 0 Å². The van der Waals surface area contributed by atoms with E-state index in [9.17, 15) is 14.4 Å². The summed E-state index contributed by atoms with van der Waals surface area (Å²) in [5.41, 5.74) is 6.00. The molecule has 0 saturated carbocycles. The van der Waals surface area contributed by atoms with Crippen molar-refractivity contribution >= 4 is 43.4 Å². The molecule has 1 aromatic carbocycles. The molecule has 8 heteroatoms. The first-order valence-corrected chi connectivity index (χ1v) is 9.85. The molecular formula is C18H18BrN3O3S. The molecule has 136 valence electrons. The quantitative estimate of drug-likeness (QED) is 0.643. The molecule has 0 aliphatic rings. The van der Waals surface area contributed by atoms with Crippen LogP contribution in [0.3, 0.4) is 0 Å². The molecule has 3 N–H and O–H groups in total. The van der Waals surface area contributed by atoms with Crippen molar-refractivity contribution in [3.8, 4) is 11.1 Å². The maximum atomic E-state index is 13.2. The second-order valence-electron chi connectivity index (χ2n) is 5.90. The molecule has 0 spiro atoms. The van der Waals surface area contributed by atoms with Gasteiger partial charge < -0.3 is 5.73 Å². The van der Waals surface area contributed by atoms with Crippen LogP contribution < -0.4 is 17.0 Å². The van der Waals surface area contributed by atoms with Crippen molar-refractivity contribution in [3.05, 3.63) is 54.5 Å². The summed E-state index contributed by atoms with van der Waals surface area (Å²) in [6.07, 6.45) is 0.988. The highest BCUT2D eigenvalue weighted by atomic mass is 79.9. The molecule has 3 rings (SSSR count). The number of carbonyl (C=O) groups excluding carboxylic acids is 1. The monoisotopic (exact) mass is 435 g/mol. The van der Waals surface area contributed by atoms with Gasteiger partial charge >= 0.3 is 5.69 Å². The summed E-state index contributed by atoms with van der Waals surface area (Å²) in [6.45, 7) is 3.72. The third-order valence-electron chi connectivity index (χ3n) is 4.33. The van der Waals surface area contributed by atoms with Gasteiger partial charge in [0, 0.05) is 14.9 Å². The smallest absolute Gasteiger partial charge is 0.330 e. The molecule has 26 heavy (non-hydrogen) atoms. The number of H-pyrrole nitrogens is 1. The van der Waals surface area contributed by atoms with E-state index in [1.807, 2.05) is 31.2 Å². The Morgan fingerprint density at radius 2 is 1.92 bits per heavy atom. The van der Waals surface area contributed by atoms with Gasteiger partial charge in [-0.05, 0) is 30.5 Å². The van der Waals surface area contributed by atoms with Crippen LogP contribution in [0.2, 0.25) is 0 Å². The predicted octanol–water partition coefficient (Wildman–Crippen LogP) is 3.18. The molecule has 1 atom stereocenters. The Morgan fingerprint density at radius 1 is 1.27 bits per heavy atom. The number of fused-ring (bicyclic) bond motifs is 1. The van der Waals surface area contributed by atoms with E-state index in [4.69, 9.17) is 5.73 Å². The Kier molecular flexibility index (Phi) is 5.15. The zero-order valence-electron chi connectivity index (χ0n) is 14.3. The number of nitrogens with one attached hydrogen (secondary N) is 1. The first-order valence-electron chi connectivity index (χ1n) is 8.24. The van der Waals surface area contributed by atoms with Gasteiger partial charge in [-0.1, -0.05) is 41.9 Å². The van der Waals surface area contributed by atoms with Crippen molar-refractivity contribution in [1.82, 2.24) is 9.55 Å². The Bertz CT molecular complexity index is 1100. The van der Waals surface area contributed by atoms with E-state index in [0.29, 0.717) is 10.2 Å². The molecule has 0 aliphatic carbocycles. The maximum Gasteiger partial charge on any atom is 0.330 e. The van der Waals surface area contributed by atoms with Gasteiger partial charge in [0.1, 0.15) is 10.9 Å². The van der Waals surface area contributed by atoms with Gasteiger partial charge in [-0.25, -0.2) is 9.36 Å².